The highest BCUT2D eigenvalue weighted by atomic mass is 79.9. The van der Waals surface area contributed by atoms with Gasteiger partial charge in [0.15, 0.2) is 5.94 Å². The first-order valence-corrected chi connectivity index (χ1v) is 11.8. The summed E-state index contributed by atoms with van der Waals surface area (Å²) >= 11 is 3.58. The molecule has 32 heavy (non-hydrogen) atoms. The third-order valence-corrected chi connectivity index (χ3v) is 7.19. The second kappa shape index (κ2) is 7.49. The smallest absolute Gasteiger partial charge is 0.410 e. The maximum Gasteiger partial charge on any atom is 0.410 e. The Balaban J connectivity index is 1.52. The van der Waals surface area contributed by atoms with E-state index in [1.807, 2.05) is 55.9 Å². The van der Waals surface area contributed by atoms with E-state index in [4.69, 9.17) is 4.74 Å². The highest BCUT2D eigenvalue weighted by Gasteiger charge is 2.49. The first kappa shape index (κ1) is 21.3. The van der Waals surface area contributed by atoms with Crippen molar-refractivity contribution in [1.82, 2.24) is 9.88 Å². The van der Waals surface area contributed by atoms with Crippen LogP contribution < -0.4 is 9.80 Å². The van der Waals surface area contributed by atoms with Gasteiger partial charge in [0.1, 0.15) is 5.60 Å². The van der Waals surface area contributed by atoms with Crippen molar-refractivity contribution in [3.63, 3.8) is 0 Å². The van der Waals surface area contributed by atoms with Gasteiger partial charge in [0.2, 0.25) is 5.82 Å². The molecular formula is C24H27BrN4O3. The van der Waals surface area contributed by atoms with E-state index in [-0.39, 0.29) is 24.2 Å². The van der Waals surface area contributed by atoms with Gasteiger partial charge in [-0.05, 0) is 64.7 Å². The molecule has 2 fully saturated rings. The predicted molar refractivity (Wildman–Crippen MR) is 127 cm³/mol. The van der Waals surface area contributed by atoms with Gasteiger partial charge < -0.3 is 19.4 Å². The summed E-state index contributed by atoms with van der Waals surface area (Å²) in [7, 11) is 1.88. The number of rotatable bonds is 1. The number of piperidine rings is 1. The molecule has 0 spiro atoms. The van der Waals surface area contributed by atoms with Gasteiger partial charge in [0.05, 0.1) is 23.1 Å². The Morgan fingerprint density at radius 2 is 1.88 bits per heavy atom. The fraction of sp³-hybridized carbons (Fsp3) is 0.500. The van der Waals surface area contributed by atoms with Crippen molar-refractivity contribution in [2.24, 2.45) is 0 Å². The largest absolute Gasteiger partial charge is 0.444 e. The number of hydrogen-bond donors (Lipinski definition) is 0. The van der Waals surface area contributed by atoms with Gasteiger partial charge >= 0.3 is 6.09 Å². The number of nitrogens with zero attached hydrogens (tertiary/aromatic N) is 4. The van der Waals surface area contributed by atoms with Crippen molar-refractivity contribution >= 4 is 50.2 Å². The Hall–Kier alpha value is -2.57. The van der Waals surface area contributed by atoms with Gasteiger partial charge in [-0.25, -0.2) is 9.59 Å². The third kappa shape index (κ3) is 3.37. The molecule has 0 aliphatic carbocycles. The highest BCUT2D eigenvalue weighted by molar-refractivity contribution is 9.10. The average molecular weight is 499 g/mol. The van der Waals surface area contributed by atoms with Crippen LogP contribution in [-0.4, -0.2) is 52.7 Å². The van der Waals surface area contributed by atoms with Gasteiger partial charge in [-0.2, -0.15) is 0 Å². The molecule has 2 bridgehead atoms. The molecule has 2 saturated heterocycles. The van der Waals surface area contributed by atoms with Crippen LogP contribution in [-0.2, 0) is 9.53 Å². The van der Waals surface area contributed by atoms with E-state index in [2.05, 4.69) is 37.8 Å². The van der Waals surface area contributed by atoms with Crippen molar-refractivity contribution in [3.05, 3.63) is 34.7 Å². The van der Waals surface area contributed by atoms with Crippen LogP contribution in [0.25, 0.3) is 10.9 Å². The number of carbonyl (C=O) groups excluding carboxylic acids is 2. The van der Waals surface area contributed by atoms with Crippen LogP contribution in [0.3, 0.4) is 0 Å². The first-order chi connectivity index (χ1) is 15.2. The zero-order valence-electron chi connectivity index (χ0n) is 18.8. The molecule has 0 radical (unpaired) electrons. The molecular weight excluding hydrogens is 472 g/mol. The minimum Gasteiger partial charge on any atom is -0.444 e. The molecule has 2 aromatic rings. The monoisotopic (exact) mass is 498 g/mol. The summed E-state index contributed by atoms with van der Waals surface area (Å²) in [5.74, 6) is 2.68. The van der Waals surface area contributed by atoms with Crippen molar-refractivity contribution in [3.8, 4) is 0 Å². The fourth-order valence-corrected chi connectivity index (χ4v) is 5.83. The predicted octanol–water partition coefficient (Wildman–Crippen LogP) is 4.86. The summed E-state index contributed by atoms with van der Waals surface area (Å²) in [6, 6.07) is 6.32. The number of benzene rings is 1. The number of halogens is 1. The van der Waals surface area contributed by atoms with Crippen LogP contribution in [0.5, 0.6) is 0 Å². The van der Waals surface area contributed by atoms with E-state index < -0.39 is 5.60 Å². The normalized spacial score (nSPS) is 24.7. The summed E-state index contributed by atoms with van der Waals surface area (Å²) in [6.07, 6.45) is 5.08. The molecule has 168 valence electrons. The molecule has 0 saturated carbocycles. The average Bonchev–Trinajstić information content (AvgIpc) is 3.17. The van der Waals surface area contributed by atoms with Gasteiger partial charge in [-0.3, -0.25) is 4.98 Å². The summed E-state index contributed by atoms with van der Waals surface area (Å²) in [6.45, 7) is 5.69. The van der Waals surface area contributed by atoms with Gasteiger partial charge in [-0.15, -0.1) is 0 Å². The molecule has 5 rings (SSSR count). The second-order valence-corrected chi connectivity index (χ2v) is 10.8. The number of hydrogen-bond acceptors (Lipinski definition) is 6. The Bertz CT molecular complexity index is 1140. The lowest BCUT2D eigenvalue weighted by Crippen LogP contribution is -2.53. The van der Waals surface area contributed by atoms with Crippen LogP contribution in [0.4, 0.5) is 16.2 Å². The number of ether oxygens (including phenoxy) is 1. The minimum absolute atomic E-state index is 0.0934. The number of pyridine rings is 1. The van der Waals surface area contributed by atoms with E-state index in [1.54, 1.807) is 0 Å². The van der Waals surface area contributed by atoms with Gasteiger partial charge in [-0.1, -0.05) is 15.9 Å². The molecule has 7 nitrogen and oxygen atoms in total. The van der Waals surface area contributed by atoms with Crippen LogP contribution >= 0.6 is 15.9 Å². The standard InChI is InChI=1S/C24H27BrN4O3/c1-24(2,3)32-23(31)28-15-6-7-16(28)11-17(10-15)29-21(13-30)27(4)20-12-26-19-8-5-14(25)9-18(19)22(20)29/h5,8-9,12,15-17H,6-7,10-11H2,1-4H3. The number of anilines is 2. The molecule has 0 N–H and O–H groups in total. The molecule has 1 aromatic carbocycles. The molecule has 3 aliphatic rings. The quantitative estimate of drug-likeness (QED) is 0.523. The zero-order chi connectivity index (χ0) is 22.8. The number of aromatic nitrogens is 1. The Morgan fingerprint density at radius 1 is 1.19 bits per heavy atom. The molecule has 3 aliphatic heterocycles. The Labute approximate surface area is 196 Å². The zero-order valence-corrected chi connectivity index (χ0v) is 20.3. The summed E-state index contributed by atoms with van der Waals surface area (Å²) < 4.78 is 6.65. The van der Waals surface area contributed by atoms with E-state index in [0.29, 0.717) is 5.82 Å². The van der Waals surface area contributed by atoms with Crippen LogP contribution in [0.15, 0.2) is 34.7 Å². The number of carbonyl (C=O) groups is 1. The maximum absolute atomic E-state index is 12.9. The van der Waals surface area contributed by atoms with E-state index in [9.17, 15) is 9.59 Å². The lowest BCUT2D eigenvalue weighted by atomic mass is 9.95. The van der Waals surface area contributed by atoms with Crippen LogP contribution in [0.2, 0.25) is 0 Å². The fourth-order valence-electron chi connectivity index (χ4n) is 5.47. The molecule has 4 heterocycles. The van der Waals surface area contributed by atoms with E-state index >= 15 is 0 Å². The topological polar surface area (TPSA) is 66.0 Å². The Morgan fingerprint density at radius 3 is 2.50 bits per heavy atom. The molecule has 1 aromatic heterocycles. The minimum atomic E-state index is -0.517. The number of amides is 1. The van der Waals surface area contributed by atoms with Crippen molar-refractivity contribution in [2.45, 2.75) is 70.2 Å². The van der Waals surface area contributed by atoms with Crippen molar-refractivity contribution in [2.75, 3.05) is 16.8 Å². The number of fused-ring (bicyclic) bond motifs is 5. The van der Waals surface area contributed by atoms with Crippen LogP contribution in [0.1, 0.15) is 46.5 Å². The highest BCUT2D eigenvalue weighted by Crippen LogP contribution is 2.49. The SMILES string of the molecule is CN1C(=C=O)N(C2CC3CCC(C2)N3C(=O)OC(C)(C)C)c2c1cnc1ccc(Br)cc21. The van der Waals surface area contributed by atoms with Gasteiger partial charge in [0.25, 0.3) is 0 Å². The first-order valence-electron chi connectivity index (χ1n) is 11.1. The molecule has 2 unspecified atom stereocenters. The molecule has 2 atom stereocenters. The van der Waals surface area contributed by atoms with Gasteiger partial charge in [0, 0.05) is 35.0 Å². The van der Waals surface area contributed by atoms with E-state index in [0.717, 1.165) is 52.4 Å². The maximum atomic E-state index is 12.9. The summed E-state index contributed by atoms with van der Waals surface area (Å²) in [5.41, 5.74) is 2.26. The molecule has 8 heteroatoms. The molecule has 1 amide bonds. The second-order valence-electron chi connectivity index (χ2n) is 9.91. The summed E-state index contributed by atoms with van der Waals surface area (Å²) in [5, 5.41) is 0.996. The van der Waals surface area contributed by atoms with Crippen LogP contribution in [0, 0.1) is 0 Å². The van der Waals surface area contributed by atoms with Crippen molar-refractivity contribution < 1.29 is 14.3 Å². The lowest BCUT2D eigenvalue weighted by Gasteiger charge is -2.43. The lowest BCUT2D eigenvalue weighted by molar-refractivity contribution is 0.00608. The van der Waals surface area contributed by atoms with Crippen molar-refractivity contribution in [1.29, 1.82) is 0 Å². The van der Waals surface area contributed by atoms with E-state index in [1.165, 1.54) is 0 Å². The third-order valence-electron chi connectivity index (χ3n) is 6.70. The summed E-state index contributed by atoms with van der Waals surface area (Å²) in [4.78, 5) is 35.5. The Kier molecular flexibility index (Phi) is 4.98.